The molecule has 0 aliphatic heterocycles. The first kappa shape index (κ1) is 24.5. The Hall–Kier alpha value is -2.65. The minimum atomic E-state index is 0.617. The third-order valence-electron chi connectivity index (χ3n) is 7.47. The number of pyridine rings is 1. The second-order valence-electron chi connectivity index (χ2n) is 9.63. The standard InChI is InChI=1S/C31H40N2O/c1-5-25-16-13-17-26(6-2)29(25)30-23(3)31(34-4)27(20-32-30)22-33(28-18-11-8-12-19-28)21-24-14-9-7-10-15-24/h7,9-10,13-17,20,28H,5-6,8,11-12,18-19,21-22H2,1-4H3. The van der Waals surface area contributed by atoms with Gasteiger partial charge < -0.3 is 4.74 Å². The summed E-state index contributed by atoms with van der Waals surface area (Å²) in [6.45, 7) is 8.47. The lowest BCUT2D eigenvalue weighted by molar-refractivity contribution is 0.138. The van der Waals surface area contributed by atoms with Crippen molar-refractivity contribution in [1.29, 1.82) is 0 Å². The van der Waals surface area contributed by atoms with Crippen LogP contribution in [0.1, 0.15) is 73.8 Å². The SMILES string of the molecule is CCc1cccc(CC)c1-c1ncc(CN(Cc2ccccc2)C2CCCCC2)c(OC)c1C. The van der Waals surface area contributed by atoms with Gasteiger partial charge >= 0.3 is 0 Å². The van der Waals surface area contributed by atoms with Gasteiger partial charge in [0.15, 0.2) is 0 Å². The zero-order chi connectivity index (χ0) is 23.9. The van der Waals surface area contributed by atoms with Gasteiger partial charge in [-0.3, -0.25) is 9.88 Å². The largest absolute Gasteiger partial charge is 0.496 e. The van der Waals surface area contributed by atoms with Gasteiger partial charge in [0.1, 0.15) is 5.75 Å². The molecule has 1 heterocycles. The summed E-state index contributed by atoms with van der Waals surface area (Å²) in [7, 11) is 1.81. The van der Waals surface area contributed by atoms with E-state index < -0.39 is 0 Å². The third kappa shape index (κ3) is 5.36. The summed E-state index contributed by atoms with van der Waals surface area (Å²) in [6.07, 6.45) is 10.7. The van der Waals surface area contributed by atoms with Crippen molar-refractivity contribution in [3.8, 4) is 17.0 Å². The molecular formula is C31H40N2O. The van der Waals surface area contributed by atoms with Gasteiger partial charge in [0.25, 0.3) is 0 Å². The Bertz CT molecular complexity index is 1050. The van der Waals surface area contributed by atoms with Gasteiger partial charge in [0, 0.05) is 42.0 Å². The normalized spacial score (nSPS) is 14.5. The highest BCUT2D eigenvalue weighted by Gasteiger charge is 2.24. The second-order valence-corrected chi connectivity index (χ2v) is 9.63. The van der Waals surface area contributed by atoms with Crippen molar-refractivity contribution >= 4 is 0 Å². The Kier molecular flexibility index (Phi) is 8.39. The van der Waals surface area contributed by atoms with Crippen LogP contribution < -0.4 is 4.74 Å². The van der Waals surface area contributed by atoms with E-state index in [1.165, 1.54) is 59.9 Å². The molecule has 1 saturated carbocycles. The number of hydrogen-bond acceptors (Lipinski definition) is 3. The van der Waals surface area contributed by atoms with Gasteiger partial charge in [-0.1, -0.05) is 81.6 Å². The fourth-order valence-corrected chi connectivity index (χ4v) is 5.64. The highest BCUT2D eigenvalue weighted by Crippen LogP contribution is 2.36. The Morgan fingerprint density at radius 2 is 1.53 bits per heavy atom. The predicted octanol–water partition coefficient (Wildman–Crippen LogP) is 7.53. The molecule has 0 radical (unpaired) electrons. The van der Waals surface area contributed by atoms with Crippen molar-refractivity contribution in [3.63, 3.8) is 0 Å². The van der Waals surface area contributed by atoms with Crippen molar-refractivity contribution < 1.29 is 4.74 Å². The van der Waals surface area contributed by atoms with E-state index in [2.05, 4.69) is 80.4 Å². The van der Waals surface area contributed by atoms with E-state index in [4.69, 9.17) is 9.72 Å². The first-order valence-corrected chi connectivity index (χ1v) is 13.1. The highest BCUT2D eigenvalue weighted by atomic mass is 16.5. The van der Waals surface area contributed by atoms with Gasteiger partial charge in [-0.25, -0.2) is 0 Å². The Morgan fingerprint density at radius 1 is 0.853 bits per heavy atom. The van der Waals surface area contributed by atoms with E-state index in [0.717, 1.165) is 42.9 Å². The maximum atomic E-state index is 6.06. The van der Waals surface area contributed by atoms with Crippen LogP contribution >= 0.6 is 0 Å². The molecule has 1 fully saturated rings. The Morgan fingerprint density at radius 3 is 2.15 bits per heavy atom. The number of hydrogen-bond donors (Lipinski definition) is 0. The van der Waals surface area contributed by atoms with Gasteiger partial charge in [0.05, 0.1) is 12.8 Å². The minimum absolute atomic E-state index is 0.617. The van der Waals surface area contributed by atoms with Crippen LogP contribution in [-0.4, -0.2) is 23.0 Å². The lowest BCUT2D eigenvalue weighted by Crippen LogP contribution is -2.36. The molecule has 4 rings (SSSR count). The fourth-order valence-electron chi connectivity index (χ4n) is 5.64. The van der Waals surface area contributed by atoms with Crippen LogP contribution in [0.15, 0.2) is 54.7 Å². The summed E-state index contributed by atoms with van der Waals surface area (Å²) < 4.78 is 6.06. The Labute approximate surface area is 206 Å². The first-order valence-electron chi connectivity index (χ1n) is 13.1. The molecule has 0 N–H and O–H groups in total. The van der Waals surface area contributed by atoms with Crippen molar-refractivity contribution in [2.45, 2.75) is 84.8 Å². The van der Waals surface area contributed by atoms with Crippen LogP contribution in [0.4, 0.5) is 0 Å². The molecular weight excluding hydrogens is 416 g/mol. The number of aryl methyl sites for hydroxylation is 2. The molecule has 3 aromatic rings. The predicted molar refractivity (Wildman–Crippen MR) is 142 cm³/mol. The van der Waals surface area contributed by atoms with E-state index in [1.54, 1.807) is 0 Å². The van der Waals surface area contributed by atoms with Gasteiger partial charge in [-0.2, -0.15) is 0 Å². The van der Waals surface area contributed by atoms with E-state index in [1.807, 2.05) is 7.11 Å². The van der Waals surface area contributed by atoms with Crippen LogP contribution in [0, 0.1) is 6.92 Å². The van der Waals surface area contributed by atoms with Crippen molar-refractivity contribution in [2.24, 2.45) is 0 Å². The first-order chi connectivity index (χ1) is 16.7. The van der Waals surface area contributed by atoms with Crippen LogP contribution in [0.2, 0.25) is 0 Å². The molecule has 0 saturated heterocycles. The monoisotopic (exact) mass is 456 g/mol. The van der Waals surface area contributed by atoms with Gasteiger partial charge in [0.2, 0.25) is 0 Å². The minimum Gasteiger partial charge on any atom is -0.496 e. The number of benzene rings is 2. The van der Waals surface area contributed by atoms with Crippen LogP contribution in [-0.2, 0) is 25.9 Å². The van der Waals surface area contributed by atoms with Crippen molar-refractivity contribution in [2.75, 3.05) is 7.11 Å². The summed E-state index contributed by atoms with van der Waals surface area (Å²) in [5.41, 5.74) is 8.80. The van der Waals surface area contributed by atoms with E-state index in [9.17, 15) is 0 Å². The number of ether oxygens (including phenoxy) is 1. The van der Waals surface area contributed by atoms with Crippen LogP contribution in [0.5, 0.6) is 5.75 Å². The second kappa shape index (κ2) is 11.7. The number of nitrogens with zero attached hydrogens (tertiary/aromatic N) is 2. The van der Waals surface area contributed by atoms with Gasteiger partial charge in [-0.15, -0.1) is 0 Å². The summed E-state index contributed by atoms with van der Waals surface area (Å²) in [6, 6.07) is 18.1. The zero-order valence-corrected chi connectivity index (χ0v) is 21.4. The average molecular weight is 457 g/mol. The molecule has 34 heavy (non-hydrogen) atoms. The molecule has 3 heteroatoms. The topological polar surface area (TPSA) is 25.4 Å². The van der Waals surface area contributed by atoms with E-state index >= 15 is 0 Å². The molecule has 0 unspecified atom stereocenters. The zero-order valence-electron chi connectivity index (χ0n) is 21.4. The van der Waals surface area contributed by atoms with Gasteiger partial charge in [-0.05, 0) is 49.3 Å². The molecule has 1 aliphatic carbocycles. The quantitative estimate of drug-likeness (QED) is 0.333. The molecule has 180 valence electrons. The molecule has 0 amide bonds. The van der Waals surface area contributed by atoms with Crippen molar-refractivity contribution in [1.82, 2.24) is 9.88 Å². The highest BCUT2D eigenvalue weighted by molar-refractivity contribution is 5.73. The maximum Gasteiger partial charge on any atom is 0.129 e. The van der Waals surface area contributed by atoms with E-state index in [-0.39, 0.29) is 0 Å². The molecule has 1 aliphatic rings. The molecule has 2 aromatic carbocycles. The summed E-state index contributed by atoms with van der Waals surface area (Å²) >= 11 is 0. The molecule has 3 nitrogen and oxygen atoms in total. The lowest BCUT2D eigenvalue weighted by Gasteiger charge is -2.35. The summed E-state index contributed by atoms with van der Waals surface area (Å²) in [4.78, 5) is 7.73. The summed E-state index contributed by atoms with van der Waals surface area (Å²) in [5, 5.41) is 0. The molecule has 0 atom stereocenters. The smallest absolute Gasteiger partial charge is 0.129 e. The van der Waals surface area contributed by atoms with Crippen LogP contribution in [0.25, 0.3) is 11.3 Å². The average Bonchev–Trinajstić information content (AvgIpc) is 2.89. The summed E-state index contributed by atoms with van der Waals surface area (Å²) in [5.74, 6) is 0.992. The number of aromatic nitrogens is 1. The molecule has 0 spiro atoms. The number of rotatable bonds is 9. The number of methoxy groups -OCH3 is 1. The van der Waals surface area contributed by atoms with Crippen molar-refractivity contribution in [3.05, 3.63) is 82.5 Å². The van der Waals surface area contributed by atoms with Crippen LogP contribution in [0.3, 0.4) is 0 Å². The fraction of sp³-hybridized carbons (Fsp3) is 0.452. The lowest BCUT2D eigenvalue weighted by atomic mass is 9.91. The third-order valence-corrected chi connectivity index (χ3v) is 7.47. The van der Waals surface area contributed by atoms with E-state index in [0.29, 0.717) is 6.04 Å². The molecule has 1 aromatic heterocycles. The molecule has 0 bridgehead atoms. The Balaban J connectivity index is 1.70. The maximum absolute atomic E-state index is 6.06.